The van der Waals surface area contributed by atoms with Crippen molar-refractivity contribution in [2.45, 2.75) is 44.7 Å². The number of aliphatic imine (C=N–C) groups is 2. The average Bonchev–Trinajstić information content (AvgIpc) is 2.77. The van der Waals surface area contributed by atoms with Crippen LogP contribution in [0.4, 0.5) is 0 Å². The predicted molar refractivity (Wildman–Crippen MR) is 120 cm³/mol. The van der Waals surface area contributed by atoms with Gasteiger partial charge in [-0.2, -0.15) is 0 Å². The summed E-state index contributed by atoms with van der Waals surface area (Å²) < 4.78 is 5.73. The Hall–Kier alpha value is -2.70. The first-order valence-electron chi connectivity index (χ1n) is 10.6. The molecule has 6 heteroatoms. The summed E-state index contributed by atoms with van der Waals surface area (Å²) in [6.45, 7) is 5.43. The summed E-state index contributed by atoms with van der Waals surface area (Å²) >= 11 is 0. The van der Waals surface area contributed by atoms with E-state index in [0.29, 0.717) is 25.0 Å². The Labute approximate surface area is 178 Å². The summed E-state index contributed by atoms with van der Waals surface area (Å²) in [7, 11) is 0. The number of nitrogens with zero attached hydrogens (tertiary/aromatic N) is 2. The minimum Gasteiger partial charge on any atom is -0.492 e. The van der Waals surface area contributed by atoms with Crippen molar-refractivity contribution >= 4 is 12.2 Å². The lowest BCUT2D eigenvalue weighted by Gasteiger charge is -2.47. The second-order valence-electron chi connectivity index (χ2n) is 8.39. The van der Waals surface area contributed by atoms with Crippen LogP contribution in [0.1, 0.15) is 36.8 Å². The standard InChI is InChI=1S/C24H30N4O2/c1-17-8-6-7-11-20(17)18-14-21-24(2,22(15-18)28-29)16-26-23(27-21)25-12-13-30-19-9-4-3-5-10-19/h3-11,16,18,21-22,28-29H,12-15H2,1-2H3,(H,25,27)/t18?,21?,22-,24-/m0/s1. The maximum atomic E-state index is 9.88. The molecule has 30 heavy (non-hydrogen) atoms. The first-order chi connectivity index (χ1) is 14.6. The molecule has 1 aliphatic carbocycles. The van der Waals surface area contributed by atoms with Gasteiger partial charge in [0.1, 0.15) is 12.4 Å². The number of aryl methyl sites for hydroxylation is 1. The number of rotatable bonds is 6. The van der Waals surface area contributed by atoms with Crippen molar-refractivity contribution in [2.75, 3.05) is 13.2 Å². The minimum absolute atomic E-state index is 0.0375. The largest absolute Gasteiger partial charge is 0.492 e. The molecule has 4 rings (SSSR count). The molecule has 1 saturated carbocycles. The van der Waals surface area contributed by atoms with Crippen LogP contribution < -0.4 is 15.5 Å². The lowest BCUT2D eigenvalue weighted by molar-refractivity contribution is 0.0457. The molecule has 2 unspecified atom stereocenters. The number of ether oxygens (including phenoxy) is 1. The quantitative estimate of drug-likeness (QED) is 0.505. The van der Waals surface area contributed by atoms with Crippen LogP contribution in [-0.2, 0) is 0 Å². The number of hydroxylamine groups is 1. The second-order valence-corrected chi connectivity index (χ2v) is 8.39. The van der Waals surface area contributed by atoms with Gasteiger partial charge in [0.15, 0.2) is 0 Å². The highest BCUT2D eigenvalue weighted by atomic mass is 16.5. The molecule has 2 aromatic carbocycles. The summed E-state index contributed by atoms with van der Waals surface area (Å²) in [5.41, 5.74) is 4.85. The van der Waals surface area contributed by atoms with E-state index in [1.54, 1.807) is 0 Å². The summed E-state index contributed by atoms with van der Waals surface area (Å²) in [4.78, 5) is 9.48. The van der Waals surface area contributed by atoms with Gasteiger partial charge in [-0.05, 0) is 48.9 Å². The number of fused-ring (bicyclic) bond motifs is 1. The SMILES string of the molecule is Cc1ccccc1C1CC2N=C(NCCOc3ccccc3)N=C[C@]2(C)[C@@H](NO)C1. The molecule has 3 N–H and O–H groups in total. The van der Waals surface area contributed by atoms with E-state index >= 15 is 0 Å². The molecule has 0 aromatic heterocycles. The monoisotopic (exact) mass is 406 g/mol. The summed E-state index contributed by atoms with van der Waals surface area (Å²) in [6.07, 6.45) is 3.73. The average molecular weight is 407 g/mol. The van der Waals surface area contributed by atoms with Gasteiger partial charge in [0.2, 0.25) is 5.96 Å². The van der Waals surface area contributed by atoms with E-state index in [9.17, 15) is 5.21 Å². The van der Waals surface area contributed by atoms with Crippen LogP contribution in [0.3, 0.4) is 0 Å². The number of benzene rings is 2. The van der Waals surface area contributed by atoms with E-state index in [4.69, 9.17) is 9.73 Å². The van der Waals surface area contributed by atoms with Gasteiger partial charge in [0, 0.05) is 17.7 Å². The third-order valence-corrected chi connectivity index (χ3v) is 6.42. The van der Waals surface area contributed by atoms with Gasteiger partial charge in [-0.1, -0.05) is 49.4 Å². The van der Waals surface area contributed by atoms with Crippen molar-refractivity contribution in [3.8, 4) is 5.75 Å². The number of nitrogens with one attached hydrogen (secondary N) is 2. The number of hydrogen-bond acceptors (Lipinski definition) is 6. The fourth-order valence-corrected chi connectivity index (χ4v) is 4.57. The van der Waals surface area contributed by atoms with Crippen molar-refractivity contribution in [1.29, 1.82) is 0 Å². The zero-order valence-electron chi connectivity index (χ0n) is 17.6. The Balaban J connectivity index is 1.43. The molecule has 6 nitrogen and oxygen atoms in total. The third-order valence-electron chi connectivity index (χ3n) is 6.42. The topological polar surface area (TPSA) is 78.2 Å². The van der Waals surface area contributed by atoms with Crippen LogP contribution in [0, 0.1) is 12.3 Å². The molecule has 0 spiro atoms. The smallest absolute Gasteiger partial charge is 0.218 e. The first-order valence-corrected chi connectivity index (χ1v) is 10.6. The molecule has 2 aliphatic rings. The molecular weight excluding hydrogens is 376 g/mol. The van der Waals surface area contributed by atoms with E-state index in [-0.39, 0.29) is 17.5 Å². The summed E-state index contributed by atoms with van der Waals surface area (Å²) in [5.74, 6) is 1.83. The molecule has 1 fully saturated rings. The van der Waals surface area contributed by atoms with Gasteiger partial charge in [0.25, 0.3) is 0 Å². The van der Waals surface area contributed by atoms with E-state index < -0.39 is 0 Å². The minimum atomic E-state index is -0.320. The Morgan fingerprint density at radius 1 is 1.10 bits per heavy atom. The number of hydrogen-bond donors (Lipinski definition) is 3. The second kappa shape index (κ2) is 8.98. The van der Waals surface area contributed by atoms with Gasteiger partial charge >= 0.3 is 0 Å². The zero-order valence-corrected chi connectivity index (χ0v) is 17.6. The Morgan fingerprint density at radius 2 is 1.87 bits per heavy atom. The molecule has 0 amide bonds. The van der Waals surface area contributed by atoms with Crippen molar-refractivity contribution in [3.05, 3.63) is 65.7 Å². The molecule has 2 aromatic rings. The molecule has 1 aliphatic heterocycles. The molecule has 0 saturated heterocycles. The van der Waals surface area contributed by atoms with Gasteiger partial charge < -0.3 is 15.3 Å². The lowest BCUT2D eigenvalue weighted by atomic mass is 9.64. The predicted octanol–water partition coefficient (Wildman–Crippen LogP) is 3.70. The van der Waals surface area contributed by atoms with Crippen molar-refractivity contribution in [2.24, 2.45) is 15.4 Å². The zero-order chi connectivity index (χ0) is 21.0. The summed E-state index contributed by atoms with van der Waals surface area (Å²) in [5, 5.41) is 13.2. The highest BCUT2D eigenvalue weighted by Crippen LogP contribution is 2.45. The highest BCUT2D eigenvalue weighted by Gasteiger charge is 2.48. The number of guanidine groups is 1. The molecular formula is C24H30N4O2. The van der Waals surface area contributed by atoms with Gasteiger partial charge in [-0.25, -0.2) is 15.5 Å². The van der Waals surface area contributed by atoms with Crippen LogP contribution in [0.2, 0.25) is 0 Å². The fraction of sp³-hybridized carbons (Fsp3) is 0.417. The normalized spacial score (nSPS) is 27.8. The molecule has 158 valence electrons. The first kappa shape index (κ1) is 20.6. The Bertz CT molecular complexity index is 914. The van der Waals surface area contributed by atoms with E-state index in [2.05, 4.69) is 53.9 Å². The summed E-state index contributed by atoms with van der Waals surface area (Å²) in [6, 6.07) is 18.2. The van der Waals surface area contributed by atoms with E-state index in [0.717, 1.165) is 18.6 Å². The third kappa shape index (κ3) is 4.25. The van der Waals surface area contributed by atoms with Crippen LogP contribution in [0.15, 0.2) is 64.6 Å². The highest BCUT2D eigenvalue weighted by molar-refractivity contribution is 5.92. The maximum Gasteiger partial charge on any atom is 0.218 e. The fourth-order valence-electron chi connectivity index (χ4n) is 4.57. The van der Waals surface area contributed by atoms with Crippen LogP contribution >= 0.6 is 0 Å². The molecule has 1 heterocycles. The van der Waals surface area contributed by atoms with Gasteiger partial charge in [-0.3, -0.25) is 0 Å². The van der Waals surface area contributed by atoms with Crippen molar-refractivity contribution in [3.63, 3.8) is 0 Å². The van der Waals surface area contributed by atoms with Crippen LogP contribution in [0.25, 0.3) is 0 Å². The van der Waals surface area contributed by atoms with E-state index in [1.807, 2.05) is 36.5 Å². The lowest BCUT2D eigenvalue weighted by Crippen LogP contribution is -2.56. The maximum absolute atomic E-state index is 9.88. The van der Waals surface area contributed by atoms with Crippen molar-refractivity contribution in [1.82, 2.24) is 10.8 Å². The Kier molecular flexibility index (Phi) is 6.16. The van der Waals surface area contributed by atoms with Crippen molar-refractivity contribution < 1.29 is 9.94 Å². The van der Waals surface area contributed by atoms with Gasteiger partial charge in [-0.15, -0.1) is 0 Å². The van der Waals surface area contributed by atoms with Gasteiger partial charge in [0.05, 0.1) is 12.6 Å². The molecule has 0 bridgehead atoms. The van der Waals surface area contributed by atoms with Crippen LogP contribution in [-0.4, -0.2) is 42.6 Å². The molecule has 4 atom stereocenters. The molecule has 0 radical (unpaired) electrons. The van der Waals surface area contributed by atoms with E-state index in [1.165, 1.54) is 11.1 Å². The Morgan fingerprint density at radius 3 is 2.63 bits per heavy atom. The number of para-hydroxylation sites is 1. The van der Waals surface area contributed by atoms with Crippen LogP contribution in [0.5, 0.6) is 5.75 Å².